The van der Waals surface area contributed by atoms with E-state index in [1.807, 2.05) is 12.1 Å². The van der Waals surface area contributed by atoms with E-state index in [4.69, 9.17) is 4.42 Å². The molecule has 0 fully saturated rings. The van der Waals surface area contributed by atoms with Gasteiger partial charge in [-0.05, 0) is 97.6 Å². The lowest BCUT2D eigenvalue weighted by Gasteiger charge is -2.28. The molecule has 0 bridgehead atoms. The third kappa shape index (κ3) is 4.88. The summed E-state index contributed by atoms with van der Waals surface area (Å²) in [4.78, 5) is 2.42. The van der Waals surface area contributed by atoms with E-state index in [1.165, 1.54) is 54.9 Å². The van der Waals surface area contributed by atoms with Gasteiger partial charge in [0.2, 0.25) is 0 Å². The van der Waals surface area contributed by atoms with E-state index in [-0.39, 0.29) is 5.41 Å². The summed E-state index contributed by atoms with van der Waals surface area (Å²) in [7, 11) is 0. The Morgan fingerprint density at radius 1 is 0.400 bits per heavy atom. The predicted octanol–water partition coefficient (Wildman–Crippen LogP) is 15.0. The molecular formula is C53H37NO. The van der Waals surface area contributed by atoms with Crippen LogP contribution in [0.5, 0.6) is 0 Å². The molecule has 1 aliphatic rings. The van der Waals surface area contributed by atoms with Gasteiger partial charge in [-0.1, -0.05) is 159 Å². The molecule has 0 aliphatic heterocycles. The summed E-state index contributed by atoms with van der Waals surface area (Å²) in [6, 6.07) is 68.4. The summed E-state index contributed by atoms with van der Waals surface area (Å²) in [6.45, 7) is 4.69. The number of hydrogen-bond acceptors (Lipinski definition) is 2. The molecule has 0 saturated carbocycles. The van der Waals surface area contributed by atoms with Gasteiger partial charge in [-0.3, -0.25) is 0 Å². The molecule has 0 atom stereocenters. The van der Waals surface area contributed by atoms with Crippen molar-refractivity contribution >= 4 is 60.5 Å². The summed E-state index contributed by atoms with van der Waals surface area (Å²) >= 11 is 0. The van der Waals surface area contributed by atoms with Gasteiger partial charge in [0, 0.05) is 38.5 Å². The molecule has 2 nitrogen and oxygen atoms in total. The van der Waals surface area contributed by atoms with Crippen molar-refractivity contribution in [2.45, 2.75) is 19.3 Å². The molecule has 0 radical (unpaired) electrons. The Labute approximate surface area is 320 Å². The van der Waals surface area contributed by atoms with Crippen LogP contribution in [-0.2, 0) is 5.41 Å². The van der Waals surface area contributed by atoms with Gasteiger partial charge in [0.25, 0.3) is 0 Å². The van der Waals surface area contributed by atoms with Crippen LogP contribution in [0.15, 0.2) is 192 Å². The first kappa shape index (κ1) is 31.6. The van der Waals surface area contributed by atoms with Gasteiger partial charge >= 0.3 is 0 Å². The first-order chi connectivity index (χ1) is 27.0. The molecule has 2 heteroatoms. The van der Waals surface area contributed by atoms with E-state index in [1.54, 1.807) is 0 Å². The van der Waals surface area contributed by atoms with E-state index in [2.05, 4.69) is 195 Å². The summed E-state index contributed by atoms with van der Waals surface area (Å²) in [5, 5.41) is 7.17. The minimum atomic E-state index is -0.0481. The van der Waals surface area contributed by atoms with Gasteiger partial charge in [-0.25, -0.2) is 0 Å². The highest BCUT2D eigenvalue weighted by molar-refractivity contribution is 6.15. The fourth-order valence-electron chi connectivity index (χ4n) is 9.12. The minimum Gasteiger partial charge on any atom is -0.455 e. The highest BCUT2D eigenvalue weighted by atomic mass is 16.3. The fourth-order valence-corrected chi connectivity index (χ4v) is 9.12. The van der Waals surface area contributed by atoms with Crippen molar-refractivity contribution in [2.75, 3.05) is 4.90 Å². The van der Waals surface area contributed by atoms with Crippen LogP contribution in [0.2, 0.25) is 0 Å². The number of para-hydroxylation sites is 2. The van der Waals surface area contributed by atoms with Crippen molar-refractivity contribution in [3.63, 3.8) is 0 Å². The average molecular weight is 704 g/mol. The van der Waals surface area contributed by atoms with Gasteiger partial charge in [0.15, 0.2) is 0 Å². The van der Waals surface area contributed by atoms with Crippen molar-refractivity contribution < 1.29 is 4.42 Å². The maximum Gasteiger partial charge on any atom is 0.143 e. The average Bonchev–Trinajstić information content (AvgIpc) is 3.73. The SMILES string of the molecule is CC1(C)c2ccccc2-c2ccc(-c3ccc(N(c4cccc(-c5cccc6c5oc5ccccc56)c4)c4cc5ccccc5c5ccccc45)cc3)cc21. The van der Waals surface area contributed by atoms with Crippen LogP contribution >= 0.6 is 0 Å². The van der Waals surface area contributed by atoms with Crippen molar-refractivity contribution in [1.82, 2.24) is 0 Å². The van der Waals surface area contributed by atoms with Crippen LogP contribution in [0.4, 0.5) is 17.1 Å². The van der Waals surface area contributed by atoms with Gasteiger partial charge in [0.05, 0.1) is 5.69 Å². The molecule has 11 rings (SSSR count). The second-order valence-electron chi connectivity index (χ2n) is 15.3. The molecule has 1 aliphatic carbocycles. The molecule has 0 N–H and O–H groups in total. The smallest absolute Gasteiger partial charge is 0.143 e. The van der Waals surface area contributed by atoms with Crippen LogP contribution in [0.25, 0.3) is 76.9 Å². The Bertz CT molecular complexity index is 3130. The number of fused-ring (bicyclic) bond motifs is 9. The van der Waals surface area contributed by atoms with E-state index in [0.717, 1.165) is 50.1 Å². The van der Waals surface area contributed by atoms with E-state index < -0.39 is 0 Å². The first-order valence-electron chi connectivity index (χ1n) is 19.1. The summed E-state index contributed by atoms with van der Waals surface area (Å²) < 4.78 is 6.51. The Morgan fingerprint density at radius 3 is 1.93 bits per heavy atom. The molecular weight excluding hydrogens is 667 g/mol. The van der Waals surface area contributed by atoms with Crippen LogP contribution in [0.3, 0.4) is 0 Å². The predicted molar refractivity (Wildman–Crippen MR) is 232 cm³/mol. The lowest BCUT2D eigenvalue weighted by atomic mass is 9.81. The van der Waals surface area contributed by atoms with E-state index >= 15 is 0 Å². The molecule has 55 heavy (non-hydrogen) atoms. The molecule has 0 spiro atoms. The second kappa shape index (κ2) is 12.1. The molecule has 0 saturated heterocycles. The summed E-state index contributed by atoms with van der Waals surface area (Å²) in [5.41, 5.74) is 15.2. The quantitative estimate of drug-likeness (QED) is 0.166. The maximum absolute atomic E-state index is 6.51. The van der Waals surface area contributed by atoms with Crippen LogP contribution in [0, 0.1) is 0 Å². The van der Waals surface area contributed by atoms with E-state index in [9.17, 15) is 0 Å². The van der Waals surface area contributed by atoms with Gasteiger partial charge < -0.3 is 9.32 Å². The molecule has 10 aromatic rings. The van der Waals surface area contributed by atoms with Gasteiger partial charge in [0.1, 0.15) is 11.2 Å². The van der Waals surface area contributed by atoms with Gasteiger partial charge in [-0.15, -0.1) is 0 Å². The number of furan rings is 1. The van der Waals surface area contributed by atoms with Crippen molar-refractivity contribution in [3.05, 3.63) is 199 Å². The first-order valence-corrected chi connectivity index (χ1v) is 19.1. The molecule has 9 aromatic carbocycles. The molecule has 0 amide bonds. The number of nitrogens with zero attached hydrogens (tertiary/aromatic N) is 1. The molecule has 1 aromatic heterocycles. The number of anilines is 3. The number of rotatable bonds is 5. The third-order valence-electron chi connectivity index (χ3n) is 11.8. The van der Waals surface area contributed by atoms with Gasteiger partial charge in [-0.2, -0.15) is 0 Å². The van der Waals surface area contributed by atoms with Crippen LogP contribution < -0.4 is 4.90 Å². The number of hydrogen-bond donors (Lipinski definition) is 0. The lowest BCUT2D eigenvalue weighted by molar-refractivity contribution is 0.660. The second-order valence-corrected chi connectivity index (χ2v) is 15.3. The maximum atomic E-state index is 6.51. The zero-order valence-electron chi connectivity index (χ0n) is 30.8. The zero-order chi connectivity index (χ0) is 36.7. The Morgan fingerprint density at radius 2 is 1.05 bits per heavy atom. The zero-order valence-corrected chi connectivity index (χ0v) is 30.8. The largest absolute Gasteiger partial charge is 0.455 e. The van der Waals surface area contributed by atoms with Crippen LogP contribution in [-0.4, -0.2) is 0 Å². The standard InChI is InChI=1S/C53H37NO/c1-53(2)48-23-9-7-18-43(48)44-30-27-35(32-49(44)53)34-25-28-38(29-26-34)54(50-33-37-13-3-4-16-40(37)42-17-5-6-19-45(42)50)39-15-11-14-36(31-39)41-21-12-22-47-46-20-8-10-24-51(46)55-52(41)47/h3-33H,1-2H3. The summed E-state index contributed by atoms with van der Waals surface area (Å²) in [5.74, 6) is 0. The highest BCUT2D eigenvalue weighted by Crippen LogP contribution is 2.50. The topological polar surface area (TPSA) is 16.4 Å². The third-order valence-corrected chi connectivity index (χ3v) is 11.8. The molecule has 0 unspecified atom stereocenters. The fraction of sp³-hybridized carbons (Fsp3) is 0.0566. The minimum absolute atomic E-state index is 0.0481. The summed E-state index contributed by atoms with van der Waals surface area (Å²) in [6.07, 6.45) is 0. The van der Waals surface area contributed by atoms with Crippen LogP contribution in [0.1, 0.15) is 25.0 Å². The van der Waals surface area contributed by atoms with E-state index in [0.29, 0.717) is 0 Å². The number of benzene rings is 9. The Kier molecular flexibility index (Phi) is 6.93. The lowest BCUT2D eigenvalue weighted by Crippen LogP contribution is -2.14. The molecule has 260 valence electrons. The monoisotopic (exact) mass is 703 g/mol. The van der Waals surface area contributed by atoms with Crippen molar-refractivity contribution in [3.8, 4) is 33.4 Å². The Balaban J connectivity index is 1.08. The van der Waals surface area contributed by atoms with Crippen molar-refractivity contribution in [1.29, 1.82) is 0 Å². The van der Waals surface area contributed by atoms with Crippen molar-refractivity contribution in [2.24, 2.45) is 0 Å². The normalized spacial score (nSPS) is 13.1. The Hall–Kier alpha value is -6.90. The highest BCUT2D eigenvalue weighted by Gasteiger charge is 2.35. The molecule has 1 heterocycles.